The lowest BCUT2D eigenvalue weighted by atomic mass is 10.1. The Balaban J connectivity index is 1.85. The summed E-state index contributed by atoms with van der Waals surface area (Å²) in [5, 5.41) is 2.94. The van der Waals surface area contributed by atoms with Crippen molar-refractivity contribution < 1.29 is 9.53 Å². The number of carbonyl (C=O) groups excluding carboxylic acids is 1. The molecule has 25 heavy (non-hydrogen) atoms. The van der Waals surface area contributed by atoms with Gasteiger partial charge >= 0.3 is 0 Å². The van der Waals surface area contributed by atoms with Gasteiger partial charge in [0, 0.05) is 0 Å². The van der Waals surface area contributed by atoms with Crippen LogP contribution in [0.15, 0.2) is 54.6 Å². The van der Waals surface area contributed by atoms with Crippen LogP contribution in [0.4, 0.5) is 0 Å². The van der Waals surface area contributed by atoms with Gasteiger partial charge in [-0.1, -0.05) is 42.5 Å². The molecule has 1 unspecified atom stereocenters. The highest BCUT2D eigenvalue weighted by Crippen LogP contribution is 2.19. The number of ether oxygens (including phenoxy) is 1. The Bertz CT molecular complexity index is 644. The summed E-state index contributed by atoms with van der Waals surface area (Å²) < 4.78 is 5.77. The third kappa shape index (κ3) is 6.21. The number of nitrogens with one attached hydrogen (secondary N) is 1. The van der Waals surface area contributed by atoms with Crippen LogP contribution in [0.1, 0.15) is 36.9 Å². The summed E-state index contributed by atoms with van der Waals surface area (Å²) in [6.45, 7) is 3.01. The molecule has 0 aliphatic rings. The van der Waals surface area contributed by atoms with Crippen LogP contribution in [0, 0.1) is 0 Å². The Morgan fingerprint density at radius 1 is 1.12 bits per heavy atom. The average Bonchev–Trinajstić information content (AvgIpc) is 2.65. The SMILES string of the molecule is CC(NC(=O)[C@H](N)CCCN)c1ccc(OCc2ccccc2)cc1. The zero-order valence-corrected chi connectivity index (χ0v) is 14.7. The zero-order chi connectivity index (χ0) is 18.1. The molecule has 2 rings (SSSR count). The number of amides is 1. The van der Waals surface area contributed by atoms with E-state index in [9.17, 15) is 4.79 Å². The Kier molecular flexibility index (Phi) is 7.44. The van der Waals surface area contributed by atoms with Crippen LogP contribution in [-0.2, 0) is 11.4 Å². The summed E-state index contributed by atoms with van der Waals surface area (Å²) in [4.78, 5) is 12.1. The van der Waals surface area contributed by atoms with Gasteiger partial charge in [0.05, 0.1) is 12.1 Å². The Hall–Kier alpha value is -2.37. The molecule has 5 nitrogen and oxygen atoms in total. The fraction of sp³-hybridized carbons (Fsp3) is 0.350. The smallest absolute Gasteiger partial charge is 0.237 e. The second kappa shape index (κ2) is 9.81. The summed E-state index contributed by atoms with van der Waals surface area (Å²) in [6.07, 6.45) is 1.34. The minimum Gasteiger partial charge on any atom is -0.489 e. The van der Waals surface area contributed by atoms with E-state index < -0.39 is 6.04 Å². The van der Waals surface area contributed by atoms with Gasteiger partial charge in [0.15, 0.2) is 0 Å². The predicted octanol–water partition coefficient (Wildman–Crippen LogP) is 2.51. The van der Waals surface area contributed by atoms with Crippen molar-refractivity contribution in [2.75, 3.05) is 6.54 Å². The van der Waals surface area contributed by atoms with Crippen molar-refractivity contribution in [1.82, 2.24) is 5.32 Å². The van der Waals surface area contributed by atoms with Crippen LogP contribution in [-0.4, -0.2) is 18.5 Å². The molecule has 5 N–H and O–H groups in total. The van der Waals surface area contributed by atoms with Crippen LogP contribution in [0.3, 0.4) is 0 Å². The molecule has 2 atom stereocenters. The standard InChI is InChI=1S/C20H27N3O2/c1-15(23-20(24)19(22)8-5-13-21)17-9-11-18(12-10-17)25-14-16-6-3-2-4-7-16/h2-4,6-7,9-12,15,19H,5,8,13-14,21-22H2,1H3,(H,23,24)/t15?,19-/m1/s1. The monoisotopic (exact) mass is 341 g/mol. The van der Waals surface area contributed by atoms with Gasteiger partial charge in [-0.2, -0.15) is 0 Å². The molecule has 0 saturated carbocycles. The molecule has 0 saturated heterocycles. The van der Waals surface area contributed by atoms with Gasteiger partial charge in [-0.15, -0.1) is 0 Å². The minimum atomic E-state index is -0.514. The third-order valence-corrected chi connectivity index (χ3v) is 4.04. The largest absolute Gasteiger partial charge is 0.489 e. The van der Waals surface area contributed by atoms with E-state index in [1.165, 1.54) is 0 Å². The molecule has 134 valence electrons. The minimum absolute atomic E-state index is 0.111. The van der Waals surface area contributed by atoms with Crippen molar-refractivity contribution in [1.29, 1.82) is 0 Å². The van der Waals surface area contributed by atoms with Gasteiger partial charge in [-0.05, 0) is 49.6 Å². The fourth-order valence-corrected chi connectivity index (χ4v) is 2.47. The molecule has 0 fully saturated rings. The van der Waals surface area contributed by atoms with Crippen molar-refractivity contribution in [3.05, 3.63) is 65.7 Å². The molecule has 0 bridgehead atoms. The molecule has 1 amide bonds. The summed E-state index contributed by atoms with van der Waals surface area (Å²) in [7, 11) is 0. The molecule has 0 aliphatic heterocycles. The highest BCUT2D eigenvalue weighted by atomic mass is 16.5. The first-order valence-corrected chi connectivity index (χ1v) is 8.63. The topological polar surface area (TPSA) is 90.4 Å². The molecule has 0 spiro atoms. The maximum absolute atomic E-state index is 12.1. The lowest BCUT2D eigenvalue weighted by Gasteiger charge is -2.18. The summed E-state index contributed by atoms with van der Waals surface area (Å²) >= 11 is 0. The molecule has 2 aromatic rings. The van der Waals surface area contributed by atoms with Crippen molar-refractivity contribution >= 4 is 5.91 Å². The first kappa shape index (κ1) is 19.0. The second-order valence-corrected chi connectivity index (χ2v) is 6.11. The van der Waals surface area contributed by atoms with Gasteiger partial charge in [-0.3, -0.25) is 4.79 Å². The van der Waals surface area contributed by atoms with Crippen molar-refractivity contribution in [3.8, 4) is 5.75 Å². The lowest BCUT2D eigenvalue weighted by molar-refractivity contribution is -0.123. The third-order valence-electron chi connectivity index (χ3n) is 4.04. The van der Waals surface area contributed by atoms with Crippen molar-refractivity contribution in [3.63, 3.8) is 0 Å². The Morgan fingerprint density at radius 2 is 1.80 bits per heavy atom. The second-order valence-electron chi connectivity index (χ2n) is 6.11. The van der Waals surface area contributed by atoms with Crippen LogP contribution < -0.4 is 21.5 Å². The number of benzene rings is 2. The van der Waals surface area contributed by atoms with E-state index in [4.69, 9.17) is 16.2 Å². The van der Waals surface area contributed by atoms with Crippen LogP contribution in [0.2, 0.25) is 0 Å². The van der Waals surface area contributed by atoms with E-state index in [0.717, 1.165) is 23.3 Å². The van der Waals surface area contributed by atoms with Gasteiger partial charge in [0.2, 0.25) is 5.91 Å². The van der Waals surface area contributed by atoms with E-state index in [0.29, 0.717) is 19.6 Å². The van der Waals surface area contributed by atoms with Crippen LogP contribution in [0.25, 0.3) is 0 Å². The van der Waals surface area contributed by atoms with E-state index in [1.54, 1.807) is 0 Å². The van der Waals surface area contributed by atoms with Crippen molar-refractivity contribution in [2.45, 2.75) is 38.5 Å². The normalized spacial score (nSPS) is 13.1. The number of nitrogens with two attached hydrogens (primary N) is 2. The van der Waals surface area contributed by atoms with E-state index in [1.807, 2.05) is 61.5 Å². The molecular weight excluding hydrogens is 314 g/mol. The summed E-state index contributed by atoms with van der Waals surface area (Å²) in [5.41, 5.74) is 13.4. The van der Waals surface area contributed by atoms with E-state index >= 15 is 0 Å². The van der Waals surface area contributed by atoms with Crippen LogP contribution >= 0.6 is 0 Å². The molecule has 0 heterocycles. The average molecular weight is 341 g/mol. The highest BCUT2D eigenvalue weighted by molar-refractivity contribution is 5.81. The van der Waals surface area contributed by atoms with Gasteiger partial charge in [-0.25, -0.2) is 0 Å². The molecular formula is C20H27N3O2. The Labute approximate surface area is 149 Å². The Morgan fingerprint density at radius 3 is 2.44 bits per heavy atom. The summed E-state index contributed by atoms with van der Waals surface area (Å²) in [5.74, 6) is 0.649. The lowest BCUT2D eigenvalue weighted by Crippen LogP contribution is -2.41. The summed E-state index contributed by atoms with van der Waals surface area (Å²) in [6, 6.07) is 17.1. The molecule has 0 aromatic heterocycles. The van der Waals surface area contributed by atoms with Crippen LogP contribution in [0.5, 0.6) is 5.75 Å². The number of carbonyl (C=O) groups is 1. The highest BCUT2D eigenvalue weighted by Gasteiger charge is 2.16. The van der Waals surface area contributed by atoms with Gasteiger partial charge < -0.3 is 21.5 Å². The number of hydrogen-bond acceptors (Lipinski definition) is 4. The van der Waals surface area contributed by atoms with E-state index in [2.05, 4.69) is 5.32 Å². The molecule has 2 aromatic carbocycles. The maximum Gasteiger partial charge on any atom is 0.237 e. The first-order valence-electron chi connectivity index (χ1n) is 8.63. The molecule has 0 radical (unpaired) electrons. The quantitative estimate of drug-likeness (QED) is 0.654. The van der Waals surface area contributed by atoms with Gasteiger partial charge in [0.1, 0.15) is 12.4 Å². The van der Waals surface area contributed by atoms with Crippen molar-refractivity contribution in [2.24, 2.45) is 11.5 Å². The number of hydrogen-bond donors (Lipinski definition) is 3. The molecule has 5 heteroatoms. The fourth-order valence-electron chi connectivity index (χ4n) is 2.47. The maximum atomic E-state index is 12.1. The van der Waals surface area contributed by atoms with Gasteiger partial charge in [0.25, 0.3) is 0 Å². The zero-order valence-electron chi connectivity index (χ0n) is 14.7. The number of rotatable bonds is 9. The molecule has 0 aliphatic carbocycles. The first-order chi connectivity index (χ1) is 12.1. The van der Waals surface area contributed by atoms with E-state index in [-0.39, 0.29) is 11.9 Å². The predicted molar refractivity (Wildman–Crippen MR) is 100 cm³/mol.